The Bertz CT molecular complexity index is 597. The highest BCUT2D eigenvalue weighted by atomic mass is 16.5. The molecule has 0 bridgehead atoms. The Balaban J connectivity index is 1.83. The summed E-state index contributed by atoms with van der Waals surface area (Å²) in [6, 6.07) is -0.261. The molecule has 24 heavy (non-hydrogen) atoms. The van der Waals surface area contributed by atoms with E-state index in [4.69, 9.17) is 4.74 Å². The first-order chi connectivity index (χ1) is 11.6. The van der Waals surface area contributed by atoms with Crippen LogP contribution in [-0.4, -0.2) is 53.1 Å². The zero-order valence-electron chi connectivity index (χ0n) is 15.0. The molecule has 1 aromatic rings. The lowest BCUT2D eigenvalue weighted by molar-refractivity contribution is -0.137. The number of rotatable bonds is 4. The smallest absolute Gasteiger partial charge is 0.245 e. The third-order valence-electron chi connectivity index (χ3n) is 4.84. The van der Waals surface area contributed by atoms with E-state index >= 15 is 0 Å². The van der Waals surface area contributed by atoms with Gasteiger partial charge in [0.15, 0.2) is 0 Å². The summed E-state index contributed by atoms with van der Waals surface area (Å²) in [5.74, 6) is 1.97. The first-order valence-electron chi connectivity index (χ1n) is 9.05. The summed E-state index contributed by atoms with van der Waals surface area (Å²) in [4.78, 5) is 24.1. The molecule has 2 aliphatic rings. The van der Waals surface area contributed by atoms with Gasteiger partial charge in [-0.05, 0) is 38.5 Å². The SMILES string of the molecule is Cc1nc2c(c(NC(C(=O)N3CCOCC3)C(C)C)n1)CCCC2. The van der Waals surface area contributed by atoms with Crippen LogP contribution in [0.1, 0.15) is 43.8 Å². The number of nitrogens with zero attached hydrogens (tertiary/aromatic N) is 3. The van der Waals surface area contributed by atoms with E-state index in [9.17, 15) is 4.79 Å². The molecule has 1 unspecified atom stereocenters. The predicted molar refractivity (Wildman–Crippen MR) is 93.1 cm³/mol. The predicted octanol–water partition coefficient (Wildman–Crippen LogP) is 1.96. The first kappa shape index (κ1) is 17.1. The summed E-state index contributed by atoms with van der Waals surface area (Å²) < 4.78 is 5.36. The lowest BCUT2D eigenvalue weighted by Gasteiger charge is -2.33. The Morgan fingerprint density at radius 1 is 1.17 bits per heavy atom. The van der Waals surface area contributed by atoms with E-state index in [2.05, 4.69) is 29.1 Å². The van der Waals surface area contributed by atoms with Crippen molar-refractivity contribution in [1.29, 1.82) is 0 Å². The quantitative estimate of drug-likeness (QED) is 0.913. The molecule has 1 fully saturated rings. The van der Waals surface area contributed by atoms with Gasteiger partial charge in [-0.2, -0.15) is 0 Å². The van der Waals surface area contributed by atoms with Crippen LogP contribution in [0.4, 0.5) is 5.82 Å². The summed E-state index contributed by atoms with van der Waals surface area (Å²) in [7, 11) is 0. The molecule has 132 valence electrons. The Kier molecular flexibility index (Phi) is 5.33. The normalized spacial score (nSPS) is 19.1. The molecule has 1 aliphatic heterocycles. The van der Waals surface area contributed by atoms with E-state index < -0.39 is 0 Å². The minimum absolute atomic E-state index is 0.147. The van der Waals surface area contributed by atoms with Crippen LogP contribution < -0.4 is 5.32 Å². The molecule has 3 rings (SSSR count). The van der Waals surface area contributed by atoms with E-state index in [1.165, 1.54) is 12.0 Å². The number of carbonyl (C=O) groups excluding carboxylic acids is 1. The fourth-order valence-corrected chi connectivity index (χ4v) is 3.48. The number of morpholine rings is 1. The summed E-state index contributed by atoms with van der Waals surface area (Å²) >= 11 is 0. The number of fused-ring (bicyclic) bond motifs is 1. The molecule has 0 aromatic carbocycles. The zero-order chi connectivity index (χ0) is 17.1. The molecule has 1 N–H and O–H groups in total. The van der Waals surface area contributed by atoms with Gasteiger partial charge in [0.25, 0.3) is 0 Å². The minimum atomic E-state index is -0.261. The molecular weight excluding hydrogens is 304 g/mol. The second kappa shape index (κ2) is 7.47. The summed E-state index contributed by atoms with van der Waals surface area (Å²) in [5.41, 5.74) is 2.35. The Morgan fingerprint density at radius 2 is 1.88 bits per heavy atom. The van der Waals surface area contributed by atoms with Crippen LogP contribution in [0.5, 0.6) is 0 Å². The molecule has 1 aliphatic carbocycles. The van der Waals surface area contributed by atoms with E-state index in [0.717, 1.165) is 36.6 Å². The number of carbonyl (C=O) groups is 1. The van der Waals surface area contributed by atoms with Crippen molar-refractivity contribution in [3.63, 3.8) is 0 Å². The lowest BCUT2D eigenvalue weighted by atomic mass is 9.95. The van der Waals surface area contributed by atoms with Gasteiger partial charge in [-0.25, -0.2) is 9.97 Å². The van der Waals surface area contributed by atoms with Crippen LogP contribution in [0.25, 0.3) is 0 Å². The maximum Gasteiger partial charge on any atom is 0.245 e. The van der Waals surface area contributed by atoms with E-state index in [-0.39, 0.29) is 17.9 Å². The van der Waals surface area contributed by atoms with Crippen molar-refractivity contribution >= 4 is 11.7 Å². The van der Waals surface area contributed by atoms with Gasteiger partial charge in [0, 0.05) is 24.3 Å². The van der Waals surface area contributed by atoms with Gasteiger partial charge in [-0.1, -0.05) is 13.8 Å². The number of nitrogens with one attached hydrogen (secondary N) is 1. The standard InChI is InChI=1S/C18H28N4O2/c1-12(2)16(18(23)22-8-10-24-11-9-22)21-17-14-6-4-5-7-15(14)19-13(3)20-17/h12,16H,4-11H2,1-3H3,(H,19,20,21). The third-order valence-corrected chi connectivity index (χ3v) is 4.84. The van der Waals surface area contributed by atoms with Crippen LogP contribution in [0.3, 0.4) is 0 Å². The Labute approximate surface area is 144 Å². The van der Waals surface area contributed by atoms with Gasteiger partial charge in [0.2, 0.25) is 5.91 Å². The van der Waals surface area contributed by atoms with Crippen molar-refractivity contribution in [2.75, 3.05) is 31.6 Å². The fourth-order valence-electron chi connectivity index (χ4n) is 3.48. The summed E-state index contributed by atoms with van der Waals surface area (Å²) in [6.07, 6.45) is 4.35. The molecule has 1 saturated heterocycles. The molecule has 6 heteroatoms. The first-order valence-corrected chi connectivity index (χ1v) is 9.05. The number of amides is 1. The largest absolute Gasteiger partial charge is 0.378 e. The van der Waals surface area contributed by atoms with Gasteiger partial charge in [-0.3, -0.25) is 4.79 Å². The molecule has 0 radical (unpaired) electrons. The monoisotopic (exact) mass is 332 g/mol. The molecule has 0 spiro atoms. The maximum absolute atomic E-state index is 13.0. The summed E-state index contributed by atoms with van der Waals surface area (Å²) in [5, 5.41) is 3.46. The van der Waals surface area contributed by atoms with Gasteiger partial charge in [0.1, 0.15) is 17.7 Å². The van der Waals surface area contributed by atoms with Crippen LogP contribution in [0.15, 0.2) is 0 Å². The van der Waals surface area contributed by atoms with Gasteiger partial charge >= 0.3 is 0 Å². The van der Waals surface area contributed by atoms with Crippen LogP contribution >= 0.6 is 0 Å². The number of ether oxygens (including phenoxy) is 1. The molecule has 0 saturated carbocycles. The van der Waals surface area contributed by atoms with E-state index in [1.807, 2.05) is 11.8 Å². The maximum atomic E-state index is 13.0. The van der Waals surface area contributed by atoms with Crippen molar-refractivity contribution in [2.24, 2.45) is 5.92 Å². The molecule has 1 atom stereocenters. The van der Waals surface area contributed by atoms with E-state index in [0.29, 0.717) is 26.3 Å². The average molecular weight is 332 g/mol. The van der Waals surface area contributed by atoms with E-state index in [1.54, 1.807) is 0 Å². The molecule has 1 aromatic heterocycles. The van der Waals surface area contributed by atoms with Crippen molar-refractivity contribution in [3.8, 4) is 0 Å². The number of anilines is 1. The number of hydrogen-bond acceptors (Lipinski definition) is 5. The van der Waals surface area contributed by atoms with Crippen molar-refractivity contribution in [3.05, 3.63) is 17.1 Å². The molecule has 2 heterocycles. The topological polar surface area (TPSA) is 67.4 Å². The Morgan fingerprint density at radius 3 is 2.58 bits per heavy atom. The summed E-state index contributed by atoms with van der Waals surface area (Å²) in [6.45, 7) is 8.67. The highest BCUT2D eigenvalue weighted by Gasteiger charge is 2.30. The highest BCUT2D eigenvalue weighted by molar-refractivity contribution is 5.85. The second-order valence-electron chi connectivity index (χ2n) is 7.06. The van der Waals surface area contributed by atoms with Crippen LogP contribution in [-0.2, 0) is 22.4 Å². The highest BCUT2D eigenvalue weighted by Crippen LogP contribution is 2.27. The molecule has 1 amide bonds. The average Bonchev–Trinajstić information content (AvgIpc) is 2.59. The molecule has 6 nitrogen and oxygen atoms in total. The van der Waals surface area contributed by atoms with Gasteiger partial charge in [-0.15, -0.1) is 0 Å². The minimum Gasteiger partial charge on any atom is -0.378 e. The lowest BCUT2D eigenvalue weighted by Crippen LogP contribution is -2.50. The molecular formula is C18H28N4O2. The third kappa shape index (κ3) is 3.69. The van der Waals surface area contributed by atoms with Gasteiger partial charge < -0.3 is 15.0 Å². The van der Waals surface area contributed by atoms with Crippen molar-refractivity contribution in [1.82, 2.24) is 14.9 Å². The van der Waals surface area contributed by atoms with Crippen molar-refractivity contribution < 1.29 is 9.53 Å². The second-order valence-corrected chi connectivity index (χ2v) is 7.06. The number of hydrogen-bond donors (Lipinski definition) is 1. The van der Waals surface area contributed by atoms with Crippen molar-refractivity contribution in [2.45, 2.75) is 52.5 Å². The van der Waals surface area contributed by atoms with Crippen LogP contribution in [0, 0.1) is 12.8 Å². The fraction of sp³-hybridized carbons (Fsp3) is 0.722. The number of aromatic nitrogens is 2. The zero-order valence-corrected chi connectivity index (χ0v) is 15.0. The van der Waals surface area contributed by atoms with Gasteiger partial charge in [0.05, 0.1) is 13.2 Å². The van der Waals surface area contributed by atoms with Crippen LogP contribution in [0.2, 0.25) is 0 Å². The Hall–Kier alpha value is -1.69. The number of aryl methyl sites for hydroxylation is 2.